The molecule has 2 N–H and O–H groups in total. The van der Waals surface area contributed by atoms with E-state index in [0.29, 0.717) is 6.42 Å². The zero-order chi connectivity index (χ0) is 13.2. The van der Waals surface area contributed by atoms with E-state index >= 15 is 0 Å². The first kappa shape index (κ1) is 15.9. The normalized spacial score (nSPS) is 21.8. The van der Waals surface area contributed by atoms with Gasteiger partial charge in [0.25, 0.3) is 0 Å². The first-order valence-electron chi connectivity index (χ1n) is 6.40. The average molecular weight is 287 g/mol. The van der Waals surface area contributed by atoms with Crippen molar-refractivity contribution in [3.8, 4) is 0 Å². The van der Waals surface area contributed by atoms with Gasteiger partial charge in [-0.15, -0.1) is 12.4 Å². The number of rotatable bonds is 3. The molecule has 1 unspecified atom stereocenters. The van der Waals surface area contributed by atoms with Gasteiger partial charge in [0.15, 0.2) is 0 Å². The SMILES string of the molecule is CCC1(C(=O)Nc2cc(C)ccc2F)CCCN1.Cl. The fourth-order valence-electron chi connectivity index (χ4n) is 2.44. The summed E-state index contributed by atoms with van der Waals surface area (Å²) in [7, 11) is 0. The Morgan fingerprint density at radius 3 is 2.84 bits per heavy atom. The summed E-state index contributed by atoms with van der Waals surface area (Å²) in [6.45, 7) is 4.70. The maximum atomic E-state index is 13.6. The van der Waals surface area contributed by atoms with Crippen LogP contribution in [0.3, 0.4) is 0 Å². The molecule has 1 amide bonds. The molecule has 0 spiro atoms. The van der Waals surface area contributed by atoms with Gasteiger partial charge in [-0.05, 0) is 50.4 Å². The van der Waals surface area contributed by atoms with Gasteiger partial charge in [-0.25, -0.2) is 4.39 Å². The largest absolute Gasteiger partial charge is 0.322 e. The number of aryl methyl sites for hydroxylation is 1. The van der Waals surface area contributed by atoms with Crippen LogP contribution in [0.4, 0.5) is 10.1 Å². The van der Waals surface area contributed by atoms with Crippen LogP contribution in [-0.2, 0) is 4.79 Å². The first-order valence-corrected chi connectivity index (χ1v) is 6.40. The third kappa shape index (κ3) is 3.25. The highest BCUT2D eigenvalue weighted by Crippen LogP contribution is 2.25. The predicted octanol–water partition coefficient (Wildman–Crippen LogP) is 3.03. The van der Waals surface area contributed by atoms with E-state index in [1.54, 1.807) is 12.1 Å². The van der Waals surface area contributed by atoms with Crippen LogP contribution in [-0.4, -0.2) is 18.0 Å². The van der Waals surface area contributed by atoms with Crippen LogP contribution in [0.5, 0.6) is 0 Å². The van der Waals surface area contributed by atoms with Gasteiger partial charge in [-0.1, -0.05) is 13.0 Å². The van der Waals surface area contributed by atoms with Gasteiger partial charge in [0.1, 0.15) is 5.82 Å². The van der Waals surface area contributed by atoms with Crippen molar-refractivity contribution in [3.63, 3.8) is 0 Å². The molecule has 0 aromatic heterocycles. The van der Waals surface area contributed by atoms with E-state index in [-0.39, 0.29) is 24.0 Å². The molecule has 1 fully saturated rings. The summed E-state index contributed by atoms with van der Waals surface area (Å²) in [4.78, 5) is 12.3. The Morgan fingerprint density at radius 2 is 2.26 bits per heavy atom. The van der Waals surface area contributed by atoms with Crippen molar-refractivity contribution in [2.45, 2.75) is 38.6 Å². The molecular formula is C14H20ClFN2O. The van der Waals surface area contributed by atoms with E-state index in [1.807, 2.05) is 13.8 Å². The van der Waals surface area contributed by atoms with Gasteiger partial charge in [0.2, 0.25) is 5.91 Å². The van der Waals surface area contributed by atoms with Crippen molar-refractivity contribution in [1.82, 2.24) is 5.32 Å². The first-order chi connectivity index (χ1) is 8.57. The topological polar surface area (TPSA) is 41.1 Å². The number of halogens is 2. The molecular weight excluding hydrogens is 267 g/mol. The highest BCUT2D eigenvalue weighted by molar-refractivity contribution is 5.98. The number of anilines is 1. The van der Waals surface area contributed by atoms with E-state index in [2.05, 4.69) is 10.6 Å². The van der Waals surface area contributed by atoms with Crippen molar-refractivity contribution in [3.05, 3.63) is 29.6 Å². The maximum Gasteiger partial charge on any atom is 0.244 e. The number of hydrogen-bond donors (Lipinski definition) is 2. The minimum atomic E-state index is -0.532. The minimum absolute atomic E-state index is 0. The summed E-state index contributed by atoms with van der Waals surface area (Å²) in [5.41, 5.74) is 0.661. The van der Waals surface area contributed by atoms with Crippen LogP contribution in [0, 0.1) is 12.7 Å². The zero-order valence-electron chi connectivity index (χ0n) is 11.3. The van der Waals surface area contributed by atoms with Crippen LogP contribution in [0.1, 0.15) is 31.7 Å². The second kappa shape index (κ2) is 6.35. The van der Waals surface area contributed by atoms with Crippen molar-refractivity contribution in [1.29, 1.82) is 0 Å². The van der Waals surface area contributed by atoms with Crippen LogP contribution in [0.15, 0.2) is 18.2 Å². The van der Waals surface area contributed by atoms with E-state index in [4.69, 9.17) is 0 Å². The van der Waals surface area contributed by atoms with Crippen LogP contribution in [0.25, 0.3) is 0 Å². The molecule has 1 aromatic rings. The predicted molar refractivity (Wildman–Crippen MR) is 77.3 cm³/mol. The number of carbonyl (C=O) groups excluding carboxylic acids is 1. The van der Waals surface area contributed by atoms with Gasteiger partial charge < -0.3 is 10.6 Å². The lowest BCUT2D eigenvalue weighted by Crippen LogP contribution is -2.50. The molecule has 3 nitrogen and oxygen atoms in total. The van der Waals surface area contributed by atoms with Gasteiger partial charge in [-0.3, -0.25) is 4.79 Å². The molecule has 1 aromatic carbocycles. The number of amides is 1. The van der Waals surface area contributed by atoms with Crippen LogP contribution < -0.4 is 10.6 Å². The highest BCUT2D eigenvalue weighted by Gasteiger charge is 2.39. The third-order valence-corrected chi connectivity index (χ3v) is 3.65. The molecule has 1 saturated heterocycles. The van der Waals surface area contributed by atoms with Crippen molar-refractivity contribution >= 4 is 24.0 Å². The zero-order valence-corrected chi connectivity index (χ0v) is 12.1. The Balaban J connectivity index is 0.00000180. The lowest BCUT2D eigenvalue weighted by molar-refractivity contribution is -0.122. The molecule has 1 aliphatic heterocycles. The summed E-state index contributed by atoms with van der Waals surface area (Å²) < 4.78 is 13.6. The molecule has 19 heavy (non-hydrogen) atoms. The molecule has 1 heterocycles. The van der Waals surface area contributed by atoms with E-state index in [0.717, 1.165) is 24.9 Å². The lowest BCUT2D eigenvalue weighted by atomic mass is 9.93. The summed E-state index contributed by atoms with van der Waals surface area (Å²) in [5.74, 6) is -0.523. The monoisotopic (exact) mass is 286 g/mol. The quantitative estimate of drug-likeness (QED) is 0.897. The maximum absolute atomic E-state index is 13.6. The Morgan fingerprint density at radius 1 is 1.53 bits per heavy atom. The van der Waals surface area contributed by atoms with Crippen LogP contribution in [0.2, 0.25) is 0 Å². The Labute approximate surface area is 119 Å². The summed E-state index contributed by atoms with van der Waals surface area (Å²) in [5, 5.41) is 5.95. The second-order valence-corrected chi connectivity index (χ2v) is 4.90. The summed E-state index contributed by atoms with van der Waals surface area (Å²) >= 11 is 0. The smallest absolute Gasteiger partial charge is 0.244 e. The van der Waals surface area contributed by atoms with Crippen molar-refractivity contribution in [2.24, 2.45) is 0 Å². The number of hydrogen-bond acceptors (Lipinski definition) is 2. The average Bonchev–Trinajstić information content (AvgIpc) is 2.84. The fraction of sp³-hybridized carbons (Fsp3) is 0.500. The van der Waals surface area contributed by atoms with Gasteiger partial charge in [-0.2, -0.15) is 0 Å². The summed E-state index contributed by atoms with van der Waals surface area (Å²) in [6, 6.07) is 4.73. The Bertz CT molecular complexity index is 459. The van der Waals surface area contributed by atoms with Crippen molar-refractivity contribution in [2.75, 3.05) is 11.9 Å². The van der Waals surface area contributed by atoms with Gasteiger partial charge in [0, 0.05) is 0 Å². The molecule has 0 saturated carbocycles. The highest BCUT2D eigenvalue weighted by atomic mass is 35.5. The minimum Gasteiger partial charge on any atom is -0.322 e. The molecule has 0 bridgehead atoms. The van der Waals surface area contributed by atoms with E-state index < -0.39 is 11.4 Å². The molecule has 5 heteroatoms. The fourth-order valence-corrected chi connectivity index (χ4v) is 2.44. The van der Waals surface area contributed by atoms with Gasteiger partial charge in [0.05, 0.1) is 11.2 Å². The number of benzene rings is 1. The van der Waals surface area contributed by atoms with E-state index in [1.165, 1.54) is 6.07 Å². The number of carbonyl (C=O) groups is 1. The second-order valence-electron chi connectivity index (χ2n) is 4.90. The van der Waals surface area contributed by atoms with Crippen LogP contribution >= 0.6 is 12.4 Å². The lowest BCUT2D eigenvalue weighted by Gasteiger charge is -2.26. The molecule has 2 rings (SSSR count). The Hall–Kier alpha value is -1.13. The van der Waals surface area contributed by atoms with Gasteiger partial charge >= 0.3 is 0 Å². The molecule has 1 atom stereocenters. The molecule has 1 aliphatic rings. The summed E-state index contributed by atoms with van der Waals surface area (Å²) in [6.07, 6.45) is 2.51. The number of nitrogens with one attached hydrogen (secondary N) is 2. The standard InChI is InChI=1S/C14H19FN2O.ClH/c1-3-14(7-4-8-16-14)13(18)17-12-9-10(2)5-6-11(12)15;/h5-6,9,16H,3-4,7-8H2,1-2H3,(H,17,18);1H. The third-order valence-electron chi connectivity index (χ3n) is 3.65. The molecule has 0 radical (unpaired) electrons. The van der Waals surface area contributed by atoms with E-state index in [9.17, 15) is 9.18 Å². The Kier molecular flexibility index (Phi) is 5.32. The molecule has 0 aliphatic carbocycles. The molecule has 106 valence electrons. The van der Waals surface area contributed by atoms with Crippen molar-refractivity contribution < 1.29 is 9.18 Å².